The van der Waals surface area contributed by atoms with Crippen LogP contribution < -0.4 is 0 Å². The minimum atomic E-state index is -4.86. The van der Waals surface area contributed by atoms with Crippen molar-refractivity contribution in [1.29, 1.82) is 0 Å². The SMILES string of the molecule is Cn1cnc(-c2c(C(F)(F)F)cc(F)c3[nH]c(S(=O)(=O)C4CC4)cc23)n1. The van der Waals surface area contributed by atoms with Crippen molar-refractivity contribution < 1.29 is 26.0 Å². The van der Waals surface area contributed by atoms with Crippen LogP contribution in [0.4, 0.5) is 17.6 Å². The van der Waals surface area contributed by atoms with E-state index >= 15 is 0 Å². The third kappa shape index (κ3) is 2.57. The fraction of sp³-hybridized carbons (Fsp3) is 0.333. The molecular weight excluding hydrogens is 376 g/mol. The fourth-order valence-electron chi connectivity index (χ4n) is 2.86. The second kappa shape index (κ2) is 5.29. The molecule has 0 bridgehead atoms. The van der Waals surface area contributed by atoms with Gasteiger partial charge in [-0.1, -0.05) is 0 Å². The molecule has 0 unspecified atom stereocenters. The largest absolute Gasteiger partial charge is 0.417 e. The lowest BCUT2D eigenvalue weighted by Gasteiger charge is -2.12. The number of hydrogen-bond acceptors (Lipinski definition) is 4. The van der Waals surface area contributed by atoms with Crippen molar-refractivity contribution in [2.75, 3.05) is 0 Å². The molecule has 4 rings (SSSR count). The van der Waals surface area contributed by atoms with Gasteiger partial charge in [0.05, 0.1) is 16.3 Å². The van der Waals surface area contributed by atoms with Gasteiger partial charge in [0.25, 0.3) is 0 Å². The topological polar surface area (TPSA) is 80.6 Å². The Hall–Kier alpha value is -2.43. The molecule has 1 aliphatic rings. The Morgan fingerprint density at radius 2 is 1.96 bits per heavy atom. The molecule has 0 aliphatic heterocycles. The molecule has 3 aromatic rings. The molecular formula is C15H12F4N4O2S. The van der Waals surface area contributed by atoms with Crippen molar-refractivity contribution in [3.05, 3.63) is 29.8 Å². The van der Waals surface area contributed by atoms with Crippen LogP contribution in [0.3, 0.4) is 0 Å². The van der Waals surface area contributed by atoms with Crippen molar-refractivity contribution in [1.82, 2.24) is 19.7 Å². The number of alkyl halides is 3. The molecule has 1 saturated carbocycles. The second-order valence-corrected chi connectivity index (χ2v) is 8.38. The molecule has 138 valence electrons. The molecule has 6 nitrogen and oxygen atoms in total. The zero-order valence-corrected chi connectivity index (χ0v) is 14.1. The molecule has 11 heteroatoms. The number of hydrogen-bond donors (Lipinski definition) is 1. The van der Waals surface area contributed by atoms with Crippen LogP contribution in [0, 0.1) is 5.82 Å². The third-order valence-electron chi connectivity index (χ3n) is 4.24. The van der Waals surface area contributed by atoms with E-state index in [1.807, 2.05) is 0 Å². The Kier molecular flexibility index (Phi) is 3.46. The van der Waals surface area contributed by atoms with Crippen LogP contribution in [-0.2, 0) is 23.1 Å². The molecule has 1 fully saturated rings. The van der Waals surface area contributed by atoms with E-state index in [-0.39, 0.29) is 21.8 Å². The lowest BCUT2D eigenvalue weighted by atomic mass is 10.0. The van der Waals surface area contributed by atoms with Crippen LogP contribution in [0.2, 0.25) is 0 Å². The van der Waals surface area contributed by atoms with E-state index in [0.29, 0.717) is 18.9 Å². The zero-order chi connectivity index (χ0) is 18.9. The number of sulfone groups is 1. The Balaban J connectivity index is 2.07. The van der Waals surface area contributed by atoms with E-state index in [1.54, 1.807) is 0 Å². The summed E-state index contributed by atoms with van der Waals surface area (Å²) >= 11 is 0. The van der Waals surface area contributed by atoms with Crippen LogP contribution >= 0.6 is 0 Å². The summed E-state index contributed by atoms with van der Waals surface area (Å²) in [4.78, 5) is 6.25. The summed E-state index contributed by atoms with van der Waals surface area (Å²) in [6.07, 6.45) is -2.71. The van der Waals surface area contributed by atoms with Gasteiger partial charge in [0, 0.05) is 18.0 Å². The Morgan fingerprint density at radius 3 is 2.50 bits per heavy atom. The highest BCUT2D eigenvalue weighted by atomic mass is 32.2. The summed E-state index contributed by atoms with van der Waals surface area (Å²) in [5.74, 6) is -1.46. The molecule has 1 N–H and O–H groups in total. The molecule has 0 amide bonds. The number of benzene rings is 1. The normalized spacial score (nSPS) is 15.7. The second-order valence-electron chi connectivity index (χ2n) is 6.19. The average molecular weight is 388 g/mol. The summed E-state index contributed by atoms with van der Waals surface area (Å²) in [6.45, 7) is 0. The highest BCUT2D eigenvalue weighted by molar-refractivity contribution is 7.92. The summed E-state index contributed by atoms with van der Waals surface area (Å²) < 4.78 is 80.7. The van der Waals surface area contributed by atoms with Crippen molar-refractivity contribution in [3.63, 3.8) is 0 Å². The minimum Gasteiger partial charge on any atom is -0.343 e. The van der Waals surface area contributed by atoms with Gasteiger partial charge in [-0.3, -0.25) is 4.68 Å². The van der Waals surface area contributed by atoms with Gasteiger partial charge in [-0.05, 0) is 25.0 Å². The van der Waals surface area contributed by atoms with E-state index in [0.717, 1.165) is 6.07 Å². The van der Waals surface area contributed by atoms with Crippen LogP contribution in [0.5, 0.6) is 0 Å². The predicted octanol–water partition coefficient (Wildman–Crippen LogP) is 3.06. The lowest BCUT2D eigenvalue weighted by molar-refractivity contribution is -0.137. The first-order chi connectivity index (χ1) is 12.1. The highest BCUT2D eigenvalue weighted by Gasteiger charge is 2.40. The number of H-pyrrole nitrogens is 1. The summed E-state index contributed by atoms with van der Waals surface area (Å²) in [5, 5.41) is 2.77. The standard InChI is InChI=1S/C15H12F4N4O2S/c1-23-6-20-14(22-23)12-8-4-11(26(24,25)7-2-3-7)21-13(8)10(16)5-9(12)15(17,18)19/h4-7,21H,2-3H2,1H3. The number of fused-ring (bicyclic) bond motifs is 1. The molecule has 0 atom stereocenters. The van der Waals surface area contributed by atoms with Crippen LogP contribution in [0.25, 0.3) is 22.3 Å². The Labute approximate surface area is 144 Å². The number of aromatic nitrogens is 4. The van der Waals surface area contributed by atoms with E-state index in [9.17, 15) is 26.0 Å². The summed E-state index contributed by atoms with van der Waals surface area (Å²) in [5.41, 5.74) is -2.04. The van der Waals surface area contributed by atoms with Gasteiger partial charge in [-0.2, -0.15) is 18.3 Å². The monoisotopic (exact) mass is 388 g/mol. The smallest absolute Gasteiger partial charge is 0.343 e. The number of nitrogens with one attached hydrogen (secondary N) is 1. The van der Waals surface area contributed by atoms with Gasteiger partial charge >= 0.3 is 6.18 Å². The number of aryl methyl sites for hydroxylation is 1. The molecule has 0 saturated heterocycles. The molecule has 1 aliphatic carbocycles. The van der Waals surface area contributed by atoms with E-state index in [2.05, 4.69) is 15.1 Å². The number of nitrogens with zero attached hydrogens (tertiary/aromatic N) is 3. The van der Waals surface area contributed by atoms with Gasteiger partial charge in [0.1, 0.15) is 17.2 Å². The predicted molar refractivity (Wildman–Crippen MR) is 83.5 cm³/mol. The van der Waals surface area contributed by atoms with Crippen molar-refractivity contribution >= 4 is 20.7 Å². The maximum absolute atomic E-state index is 14.3. The number of halogens is 4. The quantitative estimate of drug-likeness (QED) is 0.700. The van der Waals surface area contributed by atoms with E-state index in [1.165, 1.54) is 18.1 Å². The van der Waals surface area contributed by atoms with Crippen LogP contribution in [-0.4, -0.2) is 33.4 Å². The van der Waals surface area contributed by atoms with Gasteiger partial charge in [-0.25, -0.2) is 17.8 Å². The average Bonchev–Trinajstić information content (AvgIpc) is 3.16. The molecule has 2 heterocycles. The lowest BCUT2D eigenvalue weighted by Crippen LogP contribution is -2.09. The van der Waals surface area contributed by atoms with E-state index in [4.69, 9.17) is 0 Å². The number of rotatable bonds is 3. The summed E-state index contributed by atoms with van der Waals surface area (Å²) in [6, 6.07) is 1.37. The molecule has 2 aromatic heterocycles. The van der Waals surface area contributed by atoms with Gasteiger partial charge in [-0.15, -0.1) is 0 Å². The van der Waals surface area contributed by atoms with Crippen molar-refractivity contribution in [2.45, 2.75) is 29.3 Å². The number of aromatic amines is 1. The third-order valence-corrected chi connectivity index (χ3v) is 6.42. The van der Waals surface area contributed by atoms with Crippen molar-refractivity contribution in [3.8, 4) is 11.4 Å². The maximum atomic E-state index is 14.3. The highest BCUT2D eigenvalue weighted by Crippen LogP contribution is 2.43. The molecule has 0 spiro atoms. The van der Waals surface area contributed by atoms with Gasteiger partial charge in [0.2, 0.25) is 0 Å². The minimum absolute atomic E-state index is 0.220. The first-order valence-electron chi connectivity index (χ1n) is 7.61. The van der Waals surface area contributed by atoms with E-state index < -0.39 is 38.2 Å². The van der Waals surface area contributed by atoms with Crippen molar-refractivity contribution in [2.24, 2.45) is 7.05 Å². The van der Waals surface area contributed by atoms with Gasteiger partial charge < -0.3 is 4.98 Å². The molecule has 26 heavy (non-hydrogen) atoms. The zero-order valence-electron chi connectivity index (χ0n) is 13.3. The molecule has 0 radical (unpaired) electrons. The van der Waals surface area contributed by atoms with Crippen LogP contribution in [0.15, 0.2) is 23.5 Å². The maximum Gasteiger partial charge on any atom is 0.417 e. The fourth-order valence-corrected chi connectivity index (χ4v) is 4.50. The Bertz CT molecular complexity index is 1130. The molecule has 1 aromatic carbocycles. The summed E-state index contributed by atoms with van der Waals surface area (Å²) in [7, 11) is -2.26. The Morgan fingerprint density at radius 1 is 1.27 bits per heavy atom. The first kappa shape index (κ1) is 17.0. The van der Waals surface area contributed by atoms with Gasteiger partial charge in [0.15, 0.2) is 15.7 Å². The van der Waals surface area contributed by atoms with Crippen LogP contribution in [0.1, 0.15) is 18.4 Å². The first-order valence-corrected chi connectivity index (χ1v) is 9.16.